The Morgan fingerprint density at radius 3 is 2.65 bits per heavy atom. The van der Waals surface area contributed by atoms with Crippen molar-refractivity contribution in [2.75, 3.05) is 12.4 Å². The highest BCUT2D eigenvalue weighted by Crippen LogP contribution is 2.23. The molecule has 5 heteroatoms. The van der Waals surface area contributed by atoms with E-state index in [0.717, 1.165) is 29.5 Å². The molecule has 0 radical (unpaired) electrons. The van der Waals surface area contributed by atoms with Crippen LogP contribution >= 0.6 is 0 Å². The molecular weight excluding hydrogens is 324 g/mol. The number of hydrogen-bond donors (Lipinski definition) is 3. The number of guanidine groups is 1. The average Bonchev–Trinajstić information content (AvgIpc) is 2.66. The van der Waals surface area contributed by atoms with Gasteiger partial charge in [0.05, 0.1) is 0 Å². The molecule has 0 bridgehead atoms. The minimum Gasteiger partial charge on any atom is -0.354 e. The molecule has 0 saturated heterocycles. The number of amides is 1. The van der Waals surface area contributed by atoms with Gasteiger partial charge >= 0.3 is 0 Å². The molecule has 144 valence electrons. The van der Waals surface area contributed by atoms with E-state index < -0.39 is 0 Å². The van der Waals surface area contributed by atoms with Crippen LogP contribution in [-0.4, -0.2) is 25.0 Å². The summed E-state index contributed by atoms with van der Waals surface area (Å²) in [6, 6.07) is 8.49. The third-order valence-corrected chi connectivity index (χ3v) is 5.29. The monoisotopic (exact) mass is 358 g/mol. The first-order valence-corrected chi connectivity index (χ1v) is 9.88. The van der Waals surface area contributed by atoms with Gasteiger partial charge in [-0.15, -0.1) is 0 Å². The van der Waals surface area contributed by atoms with Crippen LogP contribution < -0.4 is 16.0 Å². The summed E-state index contributed by atoms with van der Waals surface area (Å²) >= 11 is 0. The van der Waals surface area contributed by atoms with Crippen molar-refractivity contribution >= 4 is 17.6 Å². The summed E-state index contributed by atoms with van der Waals surface area (Å²) in [5.74, 6) is 1.79. The van der Waals surface area contributed by atoms with Crippen molar-refractivity contribution < 1.29 is 4.79 Å². The molecule has 0 heterocycles. The summed E-state index contributed by atoms with van der Waals surface area (Å²) in [4.78, 5) is 16.4. The molecule has 3 N–H and O–H groups in total. The number of rotatable bonds is 6. The SMILES string of the molecule is CCC(C)C(=O)Nc1cccc(CNC(=NC)NC2CCC(C)CC2)c1. The summed E-state index contributed by atoms with van der Waals surface area (Å²) in [7, 11) is 1.81. The molecule has 1 saturated carbocycles. The molecule has 0 aromatic heterocycles. The first-order valence-electron chi connectivity index (χ1n) is 9.88. The van der Waals surface area contributed by atoms with E-state index in [-0.39, 0.29) is 11.8 Å². The van der Waals surface area contributed by atoms with Crippen molar-refractivity contribution in [3.63, 3.8) is 0 Å². The van der Waals surface area contributed by atoms with Crippen LogP contribution in [0.3, 0.4) is 0 Å². The highest BCUT2D eigenvalue weighted by atomic mass is 16.1. The summed E-state index contributed by atoms with van der Waals surface area (Å²) in [5.41, 5.74) is 1.96. The normalized spacial score (nSPS) is 21.8. The maximum atomic E-state index is 12.1. The second kappa shape index (κ2) is 10.2. The number of nitrogens with one attached hydrogen (secondary N) is 3. The zero-order valence-corrected chi connectivity index (χ0v) is 16.6. The average molecular weight is 359 g/mol. The molecule has 1 aromatic rings. The smallest absolute Gasteiger partial charge is 0.227 e. The standard InChI is InChI=1S/C21H34N4O/c1-5-16(3)20(26)24-19-8-6-7-17(13-19)14-23-21(22-4)25-18-11-9-15(2)10-12-18/h6-8,13,15-16,18H,5,9-12,14H2,1-4H3,(H,24,26)(H2,22,23,25). The van der Waals surface area contributed by atoms with Gasteiger partial charge < -0.3 is 16.0 Å². The first-order chi connectivity index (χ1) is 12.5. The van der Waals surface area contributed by atoms with Gasteiger partial charge in [0.1, 0.15) is 0 Å². The molecular formula is C21H34N4O. The minimum atomic E-state index is 0.0259. The summed E-state index contributed by atoms with van der Waals surface area (Å²) in [6.07, 6.45) is 5.83. The Hall–Kier alpha value is -2.04. The second-order valence-electron chi connectivity index (χ2n) is 7.53. The van der Waals surface area contributed by atoms with Crippen molar-refractivity contribution in [2.45, 2.75) is 65.5 Å². The van der Waals surface area contributed by atoms with Crippen molar-refractivity contribution in [1.29, 1.82) is 0 Å². The predicted octanol–water partition coefficient (Wildman–Crippen LogP) is 3.91. The molecule has 1 aromatic carbocycles. The third-order valence-electron chi connectivity index (χ3n) is 5.29. The van der Waals surface area contributed by atoms with Gasteiger partial charge in [-0.3, -0.25) is 9.79 Å². The zero-order valence-electron chi connectivity index (χ0n) is 16.6. The quantitative estimate of drug-likeness (QED) is 0.533. The number of hydrogen-bond acceptors (Lipinski definition) is 2. The number of benzene rings is 1. The Kier molecular flexibility index (Phi) is 7.95. The molecule has 1 aliphatic carbocycles. The van der Waals surface area contributed by atoms with E-state index in [1.165, 1.54) is 25.7 Å². The molecule has 1 amide bonds. The highest BCUT2D eigenvalue weighted by Gasteiger charge is 2.18. The molecule has 1 unspecified atom stereocenters. The van der Waals surface area contributed by atoms with E-state index in [9.17, 15) is 4.79 Å². The zero-order chi connectivity index (χ0) is 18.9. The largest absolute Gasteiger partial charge is 0.354 e. The van der Waals surface area contributed by atoms with Crippen LogP contribution in [0.15, 0.2) is 29.3 Å². The fourth-order valence-corrected chi connectivity index (χ4v) is 3.19. The Morgan fingerprint density at radius 1 is 1.27 bits per heavy atom. The van der Waals surface area contributed by atoms with Gasteiger partial charge in [-0.05, 0) is 55.7 Å². The van der Waals surface area contributed by atoms with Crippen molar-refractivity contribution in [3.8, 4) is 0 Å². The highest BCUT2D eigenvalue weighted by molar-refractivity contribution is 5.92. The molecule has 0 aliphatic heterocycles. The maximum absolute atomic E-state index is 12.1. The summed E-state index contributed by atoms with van der Waals surface area (Å²) in [6.45, 7) is 6.98. The van der Waals surface area contributed by atoms with Crippen LogP contribution in [-0.2, 0) is 11.3 Å². The van der Waals surface area contributed by atoms with Crippen molar-refractivity contribution in [1.82, 2.24) is 10.6 Å². The van der Waals surface area contributed by atoms with E-state index >= 15 is 0 Å². The molecule has 5 nitrogen and oxygen atoms in total. The van der Waals surface area contributed by atoms with Crippen molar-refractivity contribution in [2.24, 2.45) is 16.8 Å². The van der Waals surface area contributed by atoms with Crippen LogP contribution in [0.5, 0.6) is 0 Å². The molecule has 26 heavy (non-hydrogen) atoms. The molecule has 1 atom stereocenters. The van der Waals surface area contributed by atoms with Gasteiger partial charge in [0.2, 0.25) is 5.91 Å². The van der Waals surface area contributed by atoms with Crippen LogP contribution in [0.1, 0.15) is 58.4 Å². The first kappa shape index (κ1) is 20.3. The van der Waals surface area contributed by atoms with Crippen LogP contribution in [0.2, 0.25) is 0 Å². The Labute approximate surface area is 158 Å². The number of carbonyl (C=O) groups is 1. The summed E-state index contributed by atoms with van der Waals surface area (Å²) < 4.78 is 0. The summed E-state index contributed by atoms with van der Waals surface area (Å²) in [5, 5.41) is 9.91. The number of carbonyl (C=O) groups excluding carboxylic acids is 1. The van der Waals surface area contributed by atoms with E-state index in [1.807, 2.05) is 39.1 Å². The maximum Gasteiger partial charge on any atom is 0.227 e. The molecule has 1 fully saturated rings. The van der Waals surface area contributed by atoms with E-state index in [1.54, 1.807) is 0 Å². The molecule has 1 aliphatic rings. The topological polar surface area (TPSA) is 65.5 Å². The van der Waals surface area contributed by atoms with Gasteiger partial charge in [-0.2, -0.15) is 0 Å². The van der Waals surface area contributed by atoms with Gasteiger partial charge in [-0.25, -0.2) is 0 Å². The lowest BCUT2D eigenvalue weighted by Crippen LogP contribution is -2.44. The van der Waals surface area contributed by atoms with Crippen LogP contribution in [0, 0.1) is 11.8 Å². The second-order valence-corrected chi connectivity index (χ2v) is 7.53. The number of aliphatic imine (C=N–C) groups is 1. The van der Waals surface area contributed by atoms with E-state index in [2.05, 4.69) is 33.9 Å². The lowest BCUT2D eigenvalue weighted by atomic mass is 9.87. The van der Waals surface area contributed by atoms with Gasteiger partial charge in [0.25, 0.3) is 0 Å². The minimum absolute atomic E-state index is 0.0259. The number of anilines is 1. The Morgan fingerprint density at radius 2 is 2.00 bits per heavy atom. The lowest BCUT2D eigenvalue weighted by Gasteiger charge is -2.28. The Balaban J connectivity index is 1.85. The van der Waals surface area contributed by atoms with Crippen LogP contribution in [0.25, 0.3) is 0 Å². The van der Waals surface area contributed by atoms with Gasteiger partial charge in [0.15, 0.2) is 5.96 Å². The van der Waals surface area contributed by atoms with E-state index in [4.69, 9.17) is 0 Å². The lowest BCUT2D eigenvalue weighted by molar-refractivity contribution is -0.119. The van der Waals surface area contributed by atoms with Crippen LogP contribution in [0.4, 0.5) is 5.69 Å². The van der Waals surface area contributed by atoms with Gasteiger partial charge in [-0.1, -0.05) is 32.9 Å². The molecule has 2 rings (SSSR count). The predicted molar refractivity (Wildman–Crippen MR) is 109 cm³/mol. The fraction of sp³-hybridized carbons (Fsp3) is 0.619. The fourth-order valence-electron chi connectivity index (χ4n) is 3.19. The van der Waals surface area contributed by atoms with Crippen molar-refractivity contribution in [3.05, 3.63) is 29.8 Å². The Bertz CT molecular complexity index is 606. The number of nitrogens with zero attached hydrogens (tertiary/aromatic N) is 1. The van der Waals surface area contributed by atoms with E-state index in [0.29, 0.717) is 12.6 Å². The van der Waals surface area contributed by atoms with Gasteiger partial charge in [0, 0.05) is 31.2 Å². The third kappa shape index (κ3) is 6.36. The molecule has 0 spiro atoms.